The van der Waals surface area contributed by atoms with Gasteiger partial charge in [0.1, 0.15) is 0 Å². The number of likely N-dealkylation sites (tertiary alicyclic amines) is 1. The maximum Gasteiger partial charge on any atom is 0.304 e. The van der Waals surface area contributed by atoms with Crippen molar-refractivity contribution in [1.29, 1.82) is 0 Å². The fourth-order valence-corrected chi connectivity index (χ4v) is 2.60. The Bertz CT molecular complexity index is 467. The molecule has 1 aliphatic heterocycles. The van der Waals surface area contributed by atoms with Crippen molar-refractivity contribution in [3.63, 3.8) is 0 Å². The van der Waals surface area contributed by atoms with Crippen LogP contribution >= 0.6 is 0 Å². The summed E-state index contributed by atoms with van der Waals surface area (Å²) in [6.07, 6.45) is 2.28. The molecule has 0 amide bonds. The zero-order chi connectivity index (χ0) is 13.8. The monoisotopic (exact) mass is 267 g/mol. The van der Waals surface area contributed by atoms with Crippen LogP contribution in [0.4, 0.5) is 10.1 Å². The Kier molecular flexibility index (Phi) is 4.44. The summed E-state index contributed by atoms with van der Waals surface area (Å²) in [5.41, 5.74) is 0.322. The highest BCUT2D eigenvalue weighted by Gasteiger charge is 2.24. The minimum absolute atomic E-state index is 0.461. The molecule has 0 spiro atoms. The Labute approximate surface area is 111 Å². The molecule has 0 aromatic heterocycles. The Morgan fingerprint density at radius 3 is 3.00 bits per heavy atom. The van der Waals surface area contributed by atoms with Crippen LogP contribution in [0.3, 0.4) is 0 Å². The van der Waals surface area contributed by atoms with Gasteiger partial charge in [0.05, 0.1) is 4.92 Å². The Morgan fingerprint density at radius 2 is 2.37 bits per heavy atom. The lowest BCUT2D eigenvalue weighted by atomic mass is 10.1. The number of hydrogen-bond donors (Lipinski definition) is 1. The van der Waals surface area contributed by atoms with Gasteiger partial charge in [0.25, 0.3) is 0 Å². The minimum Gasteiger partial charge on any atom is -0.318 e. The predicted molar refractivity (Wildman–Crippen MR) is 70.4 cm³/mol. The van der Waals surface area contributed by atoms with Gasteiger partial charge in [0.2, 0.25) is 5.82 Å². The number of rotatable bonds is 5. The fourth-order valence-electron chi connectivity index (χ4n) is 2.60. The van der Waals surface area contributed by atoms with Crippen molar-refractivity contribution in [2.45, 2.75) is 25.4 Å². The van der Waals surface area contributed by atoms with Gasteiger partial charge in [-0.15, -0.1) is 0 Å². The second-order valence-corrected chi connectivity index (χ2v) is 4.87. The summed E-state index contributed by atoms with van der Waals surface area (Å²) in [5, 5.41) is 13.7. The molecule has 1 saturated heterocycles. The van der Waals surface area contributed by atoms with E-state index >= 15 is 0 Å². The summed E-state index contributed by atoms with van der Waals surface area (Å²) in [5.74, 6) is -0.758. The first-order chi connectivity index (χ1) is 9.11. The van der Waals surface area contributed by atoms with Crippen LogP contribution in [0.15, 0.2) is 18.2 Å². The van der Waals surface area contributed by atoms with E-state index in [1.54, 1.807) is 6.07 Å². The van der Waals surface area contributed by atoms with E-state index in [0.29, 0.717) is 12.6 Å². The average Bonchev–Trinajstić information content (AvgIpc) is 2.77. The van der Waals surface area contributed by atoms with Gasteiger partial charge in [0, 0.05) is 25.2 Å². The lowest BCUT2D eigenvalue weighted by molar-refractivity contribution is -0.387. The van der Waals surface area contributed by atoms with Crippen LogP contribution in [0.25, 0.3) is 0 Å². The molecule has 1 unspecified atom stereocenters. The first kappa shape index (κ1) is 13.9. The molecule has 19 heavy (non-hydrogen) atoms. The standard InChI is InChI=1S/C13H18FN3O2/c1-15-8-11-3-2-6-16(11)9-10-4-5-13(17(18)19)12(14)7-10/h4-5,7,11,15H,2-3,6,8-9H2,1H3. The highest BCUT2D eigenvalue weighted by molar-refractivity contribution is 5.35. The number of hydrogen-bond acceptors (Lipinski definition) is 4. The number of nitro groups is 1. The molecular formula is C13H18FN3O2. The molecular weight excluding hydrogens is 249 g/mol. The molecule has 0 bridgehead atoms. The second kappa shape index (κ2) is 6.08. The molecule has 1 aromatic rings. The lowest BCUT2D eigenvalue weighted by Gasteiger charge is -2.24. The summed E-state index contributed by atoms with van der Waals surface area (Å²) >= 11 is 0. The van der Waals surface area contributed by atoms with Crippen molar-refractivity contribution < 1.29 is 9.31 Å². The highest BCUT2D eigenvalue weighted by atomic mass is 19.1. The van der Waals surface area contributed by atoms with Gasteiger partial charge in [-0.3, -0.25) is 15.0 Å². The molecule has 1 aliphatic rings. The van der Waals surface area contributed by atoms with E-state index in [1.165, 1.54) is 12.1 Å². The van der Waals surface area contributed by atoms with Gasteiger partial charge >= 0.3 is 5.69 Å². The van der Waals surface area contributed by atoms with E-state index in [2.05, 4.69) is 10.2 Å². The molecule has 0 radical (unpaired) electrons. The third-order valence-corrected chi connectivity index (χ3v) is 3.53. The first-order valence-corrected chi connectivity index (χ1v) is 6.43. The number of nitro benzene ring substituents is 1. The minimum atomic E-state index is -0.758. The van der Waals surface area contributed by atoms with E-state index in [9.17, 15) is 14.5 Å². The van der Waals surface area contributed by atoms with Gasteiger partial charge in [-0.2, -0.15) is 4.39 Å². The normalized spacial score (nSPS) is 19.8. The largest absolute Gasteiger partial charge is 0.318 e. The smallest absolute Gasteiger partial charge is 0.304 e. The molecule has 104 valence electrons. The van der Waals surface area contributed by atoms with Gasteiger partial charge in [-0.05, 0) is 38.1 Å². The Balaban J connectivity index is 2.07. The third kappa shape index (κ3) is 3.27. The van der Waals surface area contributed by atoms with Crippen LogP contribution in [0.2, 0.25) is 0 Å². The zero-order valence-electron chi connectivity index (χ0n) is 10.9. The van der Waals surface area contributed by atoms with Gasteiger partial charge in [-0.1, -0.05) is 6.07 Å². The summed E-state index contributed by atoms with van der Waals surface area (Å²) < 4.78 is 13.5. The molecule has 1 aromatic carbocycles. The van der Waals surface area contributed by atoms with Crippen LogP contribution in [0.5, 0.6) is 0 Å². The maximum atomic E-state index is 13.5. The third-order valence-electron chi connectivity index (χ3n) is 3.53. The molecule has 5 nitrogen and oxygen atoms in total. The lowest BCUT2D eigenvalue weighted by Crippen LogP contribution is -2.36. The number of halogens is 1. The van der Waals surface area contributed by atoms with Crippen molar-refractivity contribution in [2.24, 2.45) is 0 Å². The topological polar surface area (TPSA) is 58.4 Å². The van der Waals surface area contributed by atoms with E-state index in [1.807, 2.05) is 7.05 Å². The summed E-state index contributed by atoms with van der Waals surface area (Å²) in [4.78, 5) is 12.2. The van der Waals surface area contributed by atoms with E-state index in [4.69, 9.17) is 0 Å². The van der Waals surface area contributed by atoms with Crippen molar-refractivity contribution >= 4 is 5.69 Å². The maximum absolute atomic E-state index is 13.5. The van der Waals surface area contributed by atoms with E-state index in [-0.39, 0.29) is 0 Å². The average molecular weight is 267 g/mol. The number of nitrogens with zero attached hydrogens (tertiary/aromatic N) is 2. The fraction of sp³-hybridized carbons (Fsp3) is 0.538. The zero-order valence-corrected chi connectivity index (χ0v) is 10.9. The van der Waals surface area contributed by atoms with Crippen LogP contribution < -0.4 is 5.32 Å². The molecule has 2 rings (SSSR count). The van der Waals surface area contributed by atoms with Crippen LogP contribution in [-0.4, -0.2) is 36.0 Å². The molecule has 0 aliphatic carbocycles. The van der Waals surface area contributed by atoms with Crippen molar-refractivity contribution in [3.8, 4) is 0 Å². The van der Waals surface area contributed by atoms with Crippen LogP contribution in [0, 0.1) is 15.9 Å². The molecule has 1 N–H and O–H groups in total. The predicted octanol–water partition coefficient (Wildman–Crippen LogP) is 1.92. The van der Waals surface area contributed by atoms with Crippen molar-refractivity contribution in [2.75, 3.05) is 20.1 Å². The number of nitrogens with one attached hydrogen (secondary N) is 1. The van der Waals surface area contributed by atoms with Crippen LogP contribution in [-0.2, 0) is 6.54 Å². The Morgan fingerprint density at radius 1 is 1.58 bits per heavy atom. The van der Waals surface area contributed by atoms with Crippen LogP contribution in [0.1, 0.15) is 18.4 Å². The van der Waals surface area contributed by atoms with Gasteiger partial charge in [-0.25, -0.2) is 0 Å². The van der Waals surface area contributed by atoms with E-state index < -0.39 is 16.4 Å². The van der Waals surface area contributed by atoms with Crippen molar-refractivity contribution in [3.05, 3.63) is 39.7 Å². The molecule has 6 heteroatoms. The SMILES string of the molecule is CNCC1CCCN1Cc1ccc([N+](=O)[O-])c(F)c1. The summed E-state index contributed by atoms with van der Waals surface area (Å²) in [6, 6.07) is 4.61. The van der Waals surface area contributed by atoms with Gasteiger partial charge < -0.3 is 5.32 Å². The highest BCUT2D eigenvalue weighted by Crippen LogP contribution is 2.22. The van der Waals surface area contributed by atoms with E-state index in [0.717, 1.165) is 31.5 Å². The number of likely N-dealkylation sites (N-methyl/N-ethyl adjacent to an activating group) is 1. The molecule has 1 atom stereocenters. The second-order valence-electron chi connectivity index (χ2n) is 4.87. The molecule has 1 fully saturated rings. The van der Waals surface area contributed by atoms with Gasteiger partial charge in [0.15, 0.2) is 0 Å². The molecule has 1 heterocycles. The quantitative estimate of drug-likeness (QED) is 0.654. The Hall–Kier alpha value is -1.53. The first-order valence-electron chi connectivity index (χ1n) is 6.43. The molecule has 0 saturated carbocycles. The summed E-state index contributed by atoms with van der Waals surface area (Å²) in [7, 11) is 1.92. The number of benzene rings is 1. The summed E-state index contributed by atoms with van der Waals surface area (Å²) in [6.45, 7) is 2.54. The van der Waals surface area contributed by atoms with Crippen molar-refractivity contribution in [1.82, 2.24) is 10.2 Å².